The summed E-state index contributed by atoms with van der Waals surface area (Å²) in [6, 6.07) is 0. The zero-order valence-electron chi connectivity index (χ0n) is 31.1. The normalized spacial score (nSPS) is 11.5. The second-order valence-electron chi connectivity index (χ2n) is 14.6. The van der Waals surface area contributed by atoms with Crippen molar-refractivity contribution in [2.24, 2.45) is 0 Å². The molecule has 270 valence electrons. The standard InChI is InChI=1S/C42H85NO2/c1-2-3-4-5-6-7-8-9-10-11-12-13-14-15-16-17-18-19-20-21-22-23-24-25-26-27-28-29-30-31-32-33-34-35-37-40-43-41-38-36-39-42(44)45/h43H,2-41H2,1H3,(H,44,45). The van der Waals surface area contributed by atoms with Crippen LogP contribution >= 0.6 is 0 Å². The predicted molar refractivity (Wildman–Crippen MR) is 202 cm³/mol. The van der Waals surface area contributed by atoms with Crippen LogP contribution < -0.4 is 5.32 Å². The van der Waals surface area contributed by atoms with Crippen LogP contribution in [0.5, 0.6) is 0 Å². The van der Waals surface area contributed by atoms with Crippen molar-refractivity contribution in [1.82, 2.24) is 5.32 Å². The van der Waals surface area contributed by atoms with Gasteiger partial charge in [0.1, 0.15) is 0 Å². The number of hydrogen-bond donors (Lipinski definition) is 2. The van der Waals surface area contributed by atoms with E-state index in [9.17, 15) is 4.79 Å². The summed E-state index contributed by atoms with van der Waals surface area (Å²) in [5, 5.41) is 12.1. The summed E-state index contributed by atoms with van der Waals surface area (Å²) in [5.74, 6) is -0.674. The van der Waals surface area contributed by atoms with Crippen molar-refractivity contribution in [3.63, 3.8) is 0 Å². The Morgan fingerprint density at radius 1 is 0.333 bits per heavy atom. The lowest BCUT2D eigenvalue weighted by Crippen LogP contribution is -2.16. The molecule has 2 N–H and O–H groups in total. The fourth-order valence-corrected chi connectivity index (χ4v) is 6.81. The Morgan fingerprint density at radius 2 is 0.533 bits per heavy atom. The van der Waals surface area contributed by atoms with Crippen molar-refractivity contribution >= 4 is 5.97 Å². The quantitative estimate of drug-likeness (QED) is 0.0657. The maximum absolute atomic E-state index is 10.5. The average Bonchev–Trinajstić information content (AvgIpc) is 3.03. The number of hydrogen-bond acceptors (Lipinski definition) is 2. The van der Waals surface area contributed by atoms with Gasteiger partial charge in [-0.05, 0) is 32.4 Å². The van der Waals surface area contributed by atoms with Gasteiger partial charge in [0, 0.05) is 6.42 Å². The molecule has 0 aliphatic heterocycles. The van der Waals surface area contributed by atoms with Gasteiger partial charge in [-0.3, -0.25) is 4.79 Å². The van der Waals surface area contributed by atoms with Crippen LogP contribution in [0.25, 0.3) is 0 Å². The zero-order valence-corrected chi connectivity index (χ0v) is 31.1. The molecule has 0 aromatic heterocycles. The van der Waals surface area contributed by atoms with E-state index in [1.807, 2.05) is 0 Å². The van der Waals surface area contributed by atoms with Crippen LogP contribution in [0.3, 0.4) is 0 Å². The largest absolute Gasteiger partial charge is 0.481 e. The summed E-state index contributed by atoms with van der Waals surface area (Å²) in [4.78, 5) is 10.5. The van der Waals surface area contributed by atoms with Gasteiger partial charge in [0.25, 0.3) is 0 Å². The molecule has 0 saturated heterocycles. The van der Waals surface area contributed by atoms with Crippen molar-refractivity contribution < 1.29 is 9.90 Å². The molecule has 0 radical (unpaired) electrons. The highest BCUT2D eigenvalue weighted by Gasteiger charge is 1.98. The molecule has 0 saturated carbocycles. The van der Waals surface area contributed by atoms with E-state index in [2.05, 4.69) is 12.2 Å². The lowest BCUT2D eigenvalue weighted by Gasteiger charge is -2.05. The Kier molecular flexibility index (Phi) is 40.9. The van der Waals surface area contributed by atoms with Gasteiger partial charge in [-0.2, -0.15) is 0 Å². The third-order valence-corrected chi connectivity index (χ3v) is 9.95. The number of rotatable bonds is 41. The van der Waals surface area contributed by atoms with Gasteiger partial charge < -0.3 is 10.4 Å². The first-order valence-corrected chi connectivity index (χ1v) is 21.2. The number of nitrogens with one attached hydrogen (secondary N) is 1. The number of unbranched alkanes of at least 4 members (excludes halogenated alkanes) is 35. The first-order chi connectivity index (χ1) is 22.3. The summed E-state index contributed by atoms with van der Waals surface area (Å²) in [6.45, 7) is 4.36. The van der Waals surface area contributed by atoms with E-state index in [4.69, 9.17) is 5.11 Å². The van der Waals surface area contributed by atoms with Crippen LogP contribution in [0.2, 0.25) is 0 Å². The van der Waals surface area contributed by atoms with Gasteiger partial charge in [-0.1, -0.05) is 225 Å². The highest BCUT2D eigenvalue weighted by atomic mass is 16.4. The molecule has 3 heteroatoms. The molecule has 0 aromatic carbocycles. The Hall–Kier alpha value is -0.570. The van der Waals surface area contributed by atoms with Gasteiger partial charge in [-0.15, -0.1) is 0 Å². The Labute approximate surface area is 284 Å². The van der Waals surface area contributed by atoms with E-state index in [0.717, 1.165) is 25.9 Å². The molecule has 45 heavy (non-hydrogen) atoms. The van der Waals surface area contributed by atoms with E-state index >= 15 is 0 Å². The van der Waals surface area contributed by atoms with Crippen LogP contribution in [0, 0.1) is 0 Å². The molecule has 0 atom stereocenters. The fourth-order valence-electron chi connectivity index (χ4n) is 6.81. The Bertz CT molecular complexity index is 537. The van der Waals surface area contributed by atoms with Crippen LogP contribution in [-0.2, 0) is 4.79 Å². The average molecular weight is 636 g/mol. The summed E-state index contributed by atoms with van der Waals surface area (Å²) in [7, 11) is 0. The molecule has 0 amide bonds. The van der Waals surface area contributed by atoms with Crippen LogP contribution in [0.15, 0.2) is 0 Å². The van der Waals surface area contributed by atoms with Gasteiger partial charge in [-0.25, -0.2) is 0 Å². The monoisotopic (exact) mass is 636 g/mol. The molecule has 0 aromatic rings. The molecule has 0 rings (SSSR count). The number of carboxylic acids is 1. The van der Waals surface area contributed by atoms with Crippen molar-refractivity contribution in [2.75, 3.05) is 13.1 Å². The van der Waals surface area contributed by atoms with E-state index in [1.165, 1.54) is 225 Å². The molecular weight excluding hydrogens is 550 g/mol. The van der Waals surface area contributed by atoms with Crippen molar-refractivity contribution in [1.29, 1.82) is 0 Å². The zero-order chi connectivity index (χ0) is 32.6. The first kappa shape index (κ1) is 44.4. The SMILES string of the molecule is CCCCCCCCCCCCCCCCCCCCCCCCCCCCCCCCCCCCCNCCCCC(=O)O. The smallest absolute Gasteiger partial charge is 0.303 e. The fraction of sp³-hybridized carbons (Fsp3) is 0.976. The minimum absolute atomic E-state index is 0.307. The first-order valence-electron chi connectivity index (χ1n) is 21.2. The summed E-state index contributed by atoms with van der Waals surface area (Å²) < 4.78 is 0. The summed E-state index contributed by atoms with van der Waals surface area (Å²) in [5.41, 5.74) is 0. The molecule has 0 fully saturated rings. The lowest BCUT2D eigenvalue weighted by molar-refractivity contribution is -0.137. The summed E-state index contributed by atoms with van der Waals surface area (Å²) >= 11 is 0. The van der Waals surface area contributed by atoms with Gasteiger partial charge in [0.15, 0.2) is 0 Å². The highest BCUT2D eigenvalue weighted by molar-refractivity contribution is 5.66. The maximum Gasteiger partial charge on any atom is 0.303 e. The number of aliphatic carboxylic acids is 1. The molecule has 0 aliphatic rings. The second-order valence-corrected chi connectivity index (χ2v) is 14.6. The third kappa shape index (κ3) is 43.4. The molecule has 0 aliphatic carbocycles. The molecule has 0 heterocycles. The lowest BCUT2D eigenvalue weighted by atomic mass is 10.0. The number of carboxylic acid groups (broad SMARTS) is 1. The molecular formula is C42H85NO2. The van der Waals surface area contributed by atoms with E-state index < -0.39 is 5.97 Å². The second kappa shape index (κ2) is 41.5. The Balaban J connectivity index is 3.04. The molecule has 0 spiro atoms. The minimum Gasteiger partial charge on any atom is -0.481 e. The van der Waals surface area contributed by atoms with E-state index in [1.54, 1.807) is 0 Å². The van der Waals surface area contributed by atoms with Crippen LogP contribution in [-0.4, -0.2) is 24.2 Å². The van der Waals surface area contributed by atoms with Crippen molar-refractivity contribution in [3.8, 4) is 0 Å². The number of carbonyl (C=O) groups is 1. The molecule has 0 bridgehead atoms. The van der Waals surface area contributed by atoms with Crippen LogP contribution in [0.4, 0.5) is 0 Å². The topological polar surface area (TPSA) is 49.3 Å². The van der Waals surface area contributed by atoms with Gasteiger partial charge >= 0.3 is 5.97 Å². The third-order valence-electron chi connectivity index (χ3n) is 9.95. The summed E-state index contributed by atoms with van der Waals surface area (Å²) in [6.07, 6.45) is 52.9. The minimum atomic E-state index is -0.674. The van der Waals surface area contributed by atoms with E-state index in [0.29, 0.717) is 6.42 Å². The van der Waals surface area contributed by atoms with Gasteiger partial charge in [0.2, 0.25) is 0 Å². The van der Waals surface area contributed by atoms with Gasteiger partial charge in [0.05, 0.1) is 0 Å². The van der Waals surface area contributed by atoms with Crippen molar-refractivity contribution in [2.45, 2.75) is 251 Å². The van der Waals surface area contributed by atoms with E-state index in [-0.39, 0.29) is 0 Å². The molecule has 3 nitrogen and oxygen atoms in total. The highest BCUT2D eigenvalue weighted by Crippen LogP contribution is 2.17. The molecule has 0 unspecified atom stereocenters. The maximum atomic E-state index is 10.5. The Morgan fingerprint density at radius 3 is 0.756 bits per heavy atom. The predicted octanol–water partition coefficient (Wildman–Crippen LogP) is 14.5. The van der Waals surface area contributed by atoms with Crippen LogP contribution in [0.1, 0.15) is 251 Å². The van der Waals surface area contributed by atoms with Crippen molar-refractivity contribution in [3.05, 3.63) is 0 Å².